The highest BCUT2D eigenvalue weighted by Gasteiger charge is 2.31. The number of nitrogens with zero attached hydrogens (tertiary/aromatic N) is 1. The highest BCUT2D eigenvalue weighted by Crippen LogP contribution is 2.30. The van der Waals surface area contributed by atoms with Crippen molar-refractivity contribution in [2.24, 2.45) is 0 Å². The van der Waals surface area contributed by atoms with E-state index in [1.165, 1.54) is 64.2 Å². The molecular weight excluding hydrogens is 318 g/mol. The summed E-state index contributed by atoms with van der Waals surface area (Å²) in [5, 5.41) is 0.698. The number of rotatable bonds is 4. The van der Waals surface area contributed by atoms with Gasteiger partial charge in [-0.25, -0.2) is 0 Å². The molecule has 0 saturated heterocycles. The Kier molecular flexibility index (Phi) is 6.37. The number of benzene rings is 1. The summed E-state index contributed by atoms with van der Waals surface area (Å²) in [5.41, 5.74) is 0.916. The number of hydrogen-bond donors (Lipinski definition) is 0. The van der Waals surface area contributed by atoms with Gasteiger partial charge in [-0.05, 0) is 43.4 Å². The molecule has 3 rings (SSSR count). The maximum absolute atomic E-state index is 13.0. The van der Waals surface area contributed by atoms with E-state index in [1.807, 2.05) is 30.3 Å². The third kappa shape index (κ3) is 4.42. The predicted octanol–water partition coefficient (Wildman–Crippen LogP) is 5.85. The Balaban J connectivity index is 1.75. The molecule has 3 heteroatoms. The first kappa shape index (κ1) is 17.5. The van der Waals surface area contributed by atoms with Gasteiger partial charge in [-0.2, -0.15) is 0 Å². The largest absolute Gasteiger partial charge is 0.333 e. The molecule has 0 aromatic heterocycles. The molecule has 24 heavy (non-hydrogen) atoms. The van der Waals surface area contributed by atoms with Gasteiger partial charge in [0.2, 0.25) is 5.91 Å². The quantitative estimate of drug-likeness (QED) is 0.627. The Bertz CT molecular complexity index is 553. The molecule has 0 aliphatic heterocycles. The van der Waals surface area contributed by atoms with E-state index in [4.69, 9.17) is 11.6 Å². The Morgan fingerprint density at radius 2 is 1.46 bits per heavy atom. The highest BCUT2D eigenvalue weighted by atomic mass is 35.5. The molecule has 0 spiro atoms. The van der Waals surface area contributed by atoms with Crippen LogP contribution in [0.4, 0.5) is 0 Å². The molecule has 1 aromatic carbocycles. The lowest BCUT2D eigenvalue weighted by Gasteiger charge is -2.41. The average Bonchev–Trinajstić information content (AvgIpc) is 2.63. The number of amides is 1. The molecule has 2 fully saturated rings. The van der Waals surface area contributed by atoms with Gasteiger partial charge in [0, 0.05) is 23.2 Å². The lowest BCUT2D eigenvalue weighted by molar-refractivity contribution is -0.132. The van der Waals surface area contributed by atoms with Gasteiger partial charge in [-0.15, -0.1) is 0 Å². The van der Waals surface area contributed by atoms with Crippen LogP contribution in [0.1, 0.15) is 69.8 Å². The van der Waals surface area contributed by atoms with Crippen LogP contribution in [-0.4, -0.2) is 22.9 Å². The topological polar surface area (TPSA) is 20.3 Å². The van der Waals surface area contributed by atoms with Crippen LogP contribution in [0, 0.1) is 0 Å². The molecule has 2 saturated carbocycles. The fraction of sp³-hybridized carbons (Fsp3) is 0.571. The third-order valence-electron chi connectivity index (χ3n) is 5.50. The van der Waals surface area contributed by atoms with Gasteiger partial charge in [-0.1, -0.05) is 68.3 Å². The van der Waals surface area contributed by atoms with Crippen molar-refractivity contribution in [3.05, 3.63) is 40.9 Å². The second-order valence-electron chi connectivity index (χ2n) is 7.18. The summed E-state index contributed by atoms with van der Waals surface area (Å²) in [6.07, 6.45) is 16.0. The summed E-state index contributed by atoms with van der Waals surface area (Å²) in [7, 11) is 0. The summed E-state index contributed by atoms with van der Waals surface area (Å²) in [5.74, 6) is 0.175. The van der Waals surface area contributed by atoms with Crippen molar-refractivity contribution in [2.45, 2.75) is 76.3 Å². The van der Waals surface area contributed by atoms with Gasteiger partial charge in [0.05, 0.1) is 0 Å². The van der Waals surface area contributed by atoms with Gasteiger partial charge in [0.1, 0.15) is 0 Å². The van der Waals surface area contributed by atoms with Crippen LogP contribution in [0.25, 0.3) is 6.08 Å². The van der Waals surface area contributed by atoms with Gasteiger partial charge < -0.3 is 4.90 Å². The fourth-order valence-electron chi connectivity index (χ4n) is 4.23. The number of carbonyl (C=O) groups is 1. The van der Waals surface area contributed by atoms with Gasteiger partial charge in [-0.3, -0.25) is 4.79 Å². The van der Waals surface area contributed by atoms with Crippen LogP contribution in [0.3, 0.4) is 0 Å². The van der Waals surface area contributed by atoms with E-state index in [0.29, 0.717) is 17.1 Å². The van der Waals surface area contributed by atoms with E-state index in [-0.39, 0.29) is 5.91 Å². The number of hydrogen-bond acceptors (Lipinski definition) is 1. The minimum Gasteiger partial charge on any atom is -0.333 e. The Labute approximate surface area is 150 Å². The molecular formula is C21H28ClNO. The van der Waals surface area contributed by atoms with Crippen LogP contribution in [0.15, 0.2) is 30.3 Å². The zero-order valence-corrected chi connectivity index (χ0v) is 15.2. The SMILES string of the molecule is O=C(C=Cc1ccccc1Cl)N(C1CCCCC1)C1CCCCC1. The molecule has 0 atom stereocenters. The Morgan fingerprint density at radius 3 is 2.00 bits per heavy atom. The standard InChI is InChI=1S/C21H28ClNO/c22-20-14-8-7-9-17(20)15-16-21(24)23(18-10-3-1-4-11-18)19-12-5-2-6-13-19/h7-9,14-16,18-19H,1-6,10-13H2. The molecule has 0 unspecified atom stereocenters. The normalized spacial score (nSPS) is 20.4. The van der Waals surface area contributed by atoms with Crippen LogP contribution in [0.5, 0.6) is 0 Å². The summed E-state index contributed by atoms with van der Waals surface area (Å²) in [6, 6.07) is 8.56. The lowest BCUT2D eigenvalue weighted by Crippen LogP contribution is -2.48. The summed E-state index contributed by atoms with van der Waals surface area (Å²) in [4.78, 5) is 15.3. The Morgan fingerprint density at radius 1 is 0.917 bits per heavy atom. The van der Waals surface area contributed by atoms with Crippen molar-refractivity contribution in [2.75, 3.05) is 0 Å². The Hall–Kier alpha value is -1.28. The first-order valence-electron chi connectivity index (χ1n) is 9.50. The van der Waals surface area contributed by atoms with Crippen LogP contribution < -0.4 is 0 Å². The summed E-state index contributed by atoms with van der Waals surface area (Å²) in [6.45, 7) is 0. The summed E-state index contributed by atoms with van der Waals surface area (Å²) >= 11 is 6.21. The smallest absolute Gasteiger partial charge is 0.247 e. The van der Waals surface area contributed by atoms with Crippen molar-refractivity contribution in [1.82, 2.24) is 4.90 Å². The molecule has 0 heterocycles. The predicted molar refractivity (Wildman–Crippen MR) is 101 cm³/mol. The number of halogens is 1. The van der Waals surface area contributed by atoms with E-state index in [2.05, 4.69) is 4.90 Å². The molecule has 2 aliphatic rings. The molecule has 1 aromatic rings. The van der Waals surface area contributed by atoms with Crippen molar-refractivity contribution in [3.8, 4) is 0 Å². The van der Waals surface area contributed by atoms with Crippen molar-refractivity contribution >= 4 is 23.6 Å². The zero-order valence-electron chi connectivity index (χ0n) is 14.4. The van der Waals surface area contributed by atoms with Crippen molar-refractivity contribution in [3.63, 3.8) is 0 Å². The van der Waals surface area contributed by atoms with E-state index in [1.54, 1.807) is 6.08 Å². The molecule has 0 bridgehead atoms. The zero-order chi connectivity index (χ0) is 16.8. The maximum Gasteiger partial charge on any atom is 0.247 e. The molecule has 0 radical (unpaired) electrons. The second kappa shape index (κ2) is 8.71. The van der Waals surface area contributed by atoms with Crippen LogP contribution in [0.2, 0.25) is 5.02 Å². The maximum atomic E-state index is 13.0. The van der Waals surface area contributed by atoms with Crippen LogP contribution in [-0.2, 0) is 4.79 Å². The summed E-state index contributed by atoms with van der Waals surface area (Å²) < 4.78 is 0. The van der Waals surface area contributed by atoms with E-state index >= 15 is 0 Å². The number of carbonyl (C=O) groups excluding carboxylic acids is 1. The molecule has 2 nitrogen and oxygen atoms in total. The fourth-order valence-corrected chi connectivity index (χ4v) is 4.43. The van der Waals surface area contributed by atoms with Crippen molar-refractivity contribution < 1.29 is 4.79 Å². The molecule has 0 N–H and O–H groups in total. The van der Waals surface area contributed by atoms with Gasteiger partial charge in [0.15, 0.2) is 0 Å². The molecule has 130 valence electrons. The molecule has 1 amide bonds. The highest BCUT2D eigenvalue weighted by molar-refractivity contribution is 6.32. The van der Waals surface area contributed by atoms with Gasteiger partial charge >= 0.3 is 0 Å². The van der Waals surface area contributed by atoms with E-state index < -0.39 is 0 Å². The first-order chi connectivity index (χ1) is 11.8. The first-order valence-corrected chi connectivity index (χ1v) is 9.88. The van der Waals surface area contributed by atoms with Gasteiger partial charge in [0.25, 0.3) is 0 Å². The van der Waals surface area contributed by atoms with Crippen molar-refractivity contribution in [1.29, 1.82) is 0 Å². The van der Waals surface area contributed by atoms with Crippen LogP contribution >= 0.6 is 11.6 Å². The second-order valence-corrected chi connectivity index (χ2v) is 7.59. The average molecular weight is 346 g/mol. The minimum atomic E-state index is 0.175. The monoisotopic (exact) mass is 345 g/mol. The molecule has 2 aliphatic carbocycles. The van der Waals surface area contributed by atoms with E-state index in [9.17, 15) is 4.79 Å². The third-order valence-corrected chi connectivity index (χ3v) is 5.85. The lowest BCUT2D eigenvalue weighted by atomic mass is 9.88. The van der Waals surface area contributed by atoms with E-state index in [0.717, 1.165) is 5.56 Å². The minimum absolute atomic E-state index is 0.175.